The molecule has 0 saturated carbocycles. The highest BCUT2D eigenvalue weighted by Gasteiger charge is 2.38. The van der Waals surface area contributed by atoms with Crippen LogP contribution >= 0.6 is 0 Å². The lowest BCUT2D eigenvalue weighted by Gasteiger charge is -2.36. The third-order valence-corrected chi connectivity index (χ3v) is 4.34. The molecule has 132 valence electrons. The van der Waals surface area contributed by atoms with Crippen LogP contribution in [0.25, 0.3) is 0 Å². The van der Waals surface area contributed by atoms with Gasteiger partial charge in [-0.15, -0.1) is 5.10 Å². The number of carbonyl (C=O) groups is 2. The van der Waals surface area contributed by atoms with Gasteiger partial charge in [-0.25, -0.2) is 9.48 Å². The van der Waals surface area contributed by atoms with E-state index in [1.165, 1.54) is 9.58 Å². The van der Waals surface area contributed by atoms with Crippen LogP contribution in [0.5, 0.6) is 0 Å². The summed E-state index contributed by atoms with van der Waals surface area (Å²) in [4.78, 5) is 25.4. The van der Waals surface area contributed by atoms with Gasteiger partial charge in [0.15, 0.2) is 5.82 Å². The number of amides is 1. The van der Waals surface area contributed by atoms with Gasteiger partial charge in [0.05, 0.1) is 12.0 Å². The van der Waals surface area contributed by atoms with E-state index in [9.17, 15) is 14.7 Å². The van der Waals surface area contributed by atoms with Gasteiger partial charge in [-0.05, 0) is 28.8 Å². The summed E-state index contributed by atoms with van der Waals surface area (Å²) in [7, 11) is 1.66. The molecule has 9 heteroatoms. The number of ether oxygens (including phenoxy) is 1. The summed E-state index contributed by atoms with van der Waals surface area (Å²) in [6, 6.07) is 8.84. The van der Waals surface area contributed by atoms with Gasteiger partial charge >= 0.3 is 12.1 Å². The molecule has 0 aliphatic carbocycles. The topological polar surface area (TPSA) is 110 Å². The zero-order valence-corrected chi connectivity index (χ0v) is 13.8. The molecule has 0 spiro atoms. The number of likely N-dealkylation sites (tertiary alicyclic amines) is 1. The van der Waals surface area contributed by atoms with Crippen LogP contribution in [0.4, 0.5) is 4.79 Å². The van der Waals surface area contributed by atoms with Crippen LogP contribution in [-0.4, -0.2) is 48.8 Å². The van der Waals surface area contributed by atoms with E-state index < -0.39 is 24.0 Å². The Morgan fingerprint density at radius 2 is 2.08 bits per heavy atom. The van der Waals surface area contributed by atoms with Gasteiger partial charge in [-0.3, -0.25) is 9.69 Å². The first-order chi connectivity index (χ1) is 12.1. The molecule has 25 heavy (non-hydrogen) atoms. The molecule has 9 nitrogen and oxygen atoms in total. The molecule has 1 aliphatic heterocycles. The van der Waals surface area contributed by atoms with Gasteiger partial charge in [0.2, 0.25) is 0 Å². The fourth-order valence-corrected chi connectivity index (χ4v) is 2.97. The van der Waals surface area contributed by atoms with Crippen LogP contribution in [0.3, 0.4) is 0 Å². The molecule has 3 rings (SSSR count). The largest absolute Gasteiger partial charge is 0.481 e. The Bertz CT molecular complexity index is 748. The number of hydrogen-bond donors (Lipinski definition) is 1. The van der Waals surface area contributed by atoms with Crippen molar-refractivity contribution in [2.24, 2.45) is 13.0 Å². The van der Waals surface area contributed by atoms with Gasteiger partial charge in [0, 0.05) is 13.6 Å². The van der Waals surface area contributed by atoms with Crippen molar-refractivity contribution in [1.82, 2.24) is 25.1 Å². The SMILES string of the molecule is Cn1nnnc1C1CC(C(=O)O)CCN1C(=O)OCc1ccccc1. The molecule has 1 saturated heterocycles. The average Bonchev–Trinajstić information content (AvgIpc) is 3.06. The summed E-state index contributed by atoms with van der Waals surface area (Å²) in [5.74, 6) is -0.972. The molecule has 1 aliphatic rings. The maximum absolute atomic E-state index is 12.5. The number of carboxylic acids is 1. The van der Waals surface area contributed by atoms with Crippen molar-refractivity contribution in [2.75, 3.05) is 6.54 Å². The van der Waals surface area contributed by atoms with Crippen molar-refractivity contribution in [1.29, 1.82) is 0 Å². The molecule has 1 aromatic heterocycles. The van der Waals surface area contributed by atoms with E-state index in [1.54, 1.807) is 7.05 Å². The van der Waals surface area contributed by atoms with Crippen LogP contribution in [0, 0.1) is 5.92 Å². The number of benzene rings is 1. The number of carbonyl (C=O) groups excluding carboxylic acids is 1. The number of rotatable bonds is 4. The van der Waals surface area contributed by atoms with Crippen molar-refractivity contribution < 1.29 is 19.4 Å². The van der Waals surface area contributed by atoms with E-state index in [0.717, 1.165) is 5.56 Å². The second kappa shape index (κ2) is 7.29. The molecule has 0 radical (unpaired) electrons. The maximum atomic E-state index is 12.5. The zero-order valence-electron chi connectivity index (χ0n) is 13.8. The summed E-state index contributed by atoms with van der Waals surface area (Å²) >= 11 is 0. The Kier molecular flexibility index (Phi) is 4.92. The number of carboxylic acid groups (broad SMARTS) is 1. The summed E-state index contributed by atoms with van der Waals surface area (Å²) in [6.07, 6.45) is 0.127. The molecular weight excluding hydrogens is 326 g/mol. The predicted molar refractivity (Wildman–Crippen MR) is 85.2 cm³/mol. The summed E-state index contributed by atoms with van der Waals surface area (Å²) < 4.78 is 6.84. The van der Waals surface area contributed by atoms with Gasteiger partial charge < -0.3 is 9.84 Å². The second-order valence-electron chi connectivity index (χ2n) is 5.97. The van der Waals surface area contributed by atoms with E-state index in [4.69, 9.17) is 4.74 Å². The molecule has 1 fully saturated rings. The van der Waals surface area contributed by atoms with Crippen molar-refractivity contribution in [3.63, 3.8) is 0 Å². The first-order valence-corrected chi connectivity index (χ1v) is 7.98. The van der Waals surface area contributed by atoms with E-state index in [1.807, 2.05) is 30.3 Å². The van der Waals surface area contributed by atoms with Crippen molar-refractivity contribution in [3.8, 4) is 0 Å². The highest BCUT2D eigenvalue weighted by molar-refractivity contribution is 5.72. The predicted octanol–water partition coefficient (Wildman–Crippen LogP) is 1.38. The number of aromatic nitrogens is 4. The lowest BCUT2D eigenvalue weighted by Crippen LogP contribution is -2.43. The summed E-state index contributed by atoms with van der Waals surface area (Å²) in [6.45, 7) is 0.435. The van der Waals surface area contributed by atoms with Gasteiger partial charge in [0.1, 0.15) is 6.61 Å². The minimum absolute atomic E-state index is 0.155. The minimum atomic E-state index is -0.877. The number of aryl methyl sites for hydroxylation is 1. The molecule has 2 unspecified atom stereocenters. The third-order valence-electron chi connectivity index (χ3n) is 4.34. The summed E-state index contributed by atoms with van der Waals surface area (Å²) in [5.41, 5.74) is 0.883. The fourth-order valence-electron chi connectivity index (χ4n) is 2.97. The smallest absolute Gasteiger partial charge is 0.410 e. The molecular formula is C16H19N5O4. The lowest BCUT2D eigenvalue weighted by atomic mass is 9.90. The Hall–Kier alpha value is -2.97. The van der Waals surface area contributed by atoms with E-state index in [-0.39, 0.29) is 19.6 Å². The Balaban J connectivity index is 1.74. The first-order valence-electron chi connectivity index (χ1n) is 7.98. The van der Waals surface area contributed by atoms with Crippen molar-refractivity contribution >= 4 is 12.1 Å². The van der Waals surface area contributed by atoms with Crippen molar-refractivity contribution in [3.05, 3.63) is 41.7 Å². The molecule has 1 N–H and O–H groups in total. The van der Waals surface area contributed by atoms with Crippen LogP contribution in [0.15, 0.2) is 30.3 Å². The molecule has 2 heterocycles. The molecule has 2 atom stereocenters. The van der Waals surface area contributed by atoms with Crippen LogP contribution in [-0.2, 0) is 23.2 Å². The van der Waals surface area contributed by atoms with Gasteiger partial charge in [-0.2, -0.15) is 0 Å². The Morgan fingerprint density at radius 1 is 1.32 bits per heavy atom. The number of hydrogen-bond acceptors (Lipinski definition) is 6. The second-order valence-corrected chi connectivity index (χ2v) is 5.97. The molecule has 1 aromatic carbocycles. The summed E-state index contributed by atoms with van der Waals surface area (Å²) in [5, 5.41) is 20.6. The van der Waals surface area contributed by atoms with E-state index in [2.05, 4.69) is 15.5 Å². The van der Waals surface area contributed by atoms with E-state index >= 15 is 0 Å². The normalized spacial score (nSPS) is 20.3. The van der Waals surface area contributed by atoms with Crippen LogP contribution in [0.2, 0.25) is 0 Å². The molecule has 1 amide bonds. The number of nitrogens with zero attached hydrogens (tertiary/aromatic N) is 5. The molecule has 0 bridgehead atoms. The van der Waals surface area contributed by atoms with Gasteiger partial charge in [-0.1, -0.05) is 30.3 Å². The quantitative estimate of drug-likeness (QED) is 0.891. The number of aliphatic carboxylic acids is 1. The maximum Gasteiger partial charge on any atom is 0.410 e. The first kappa shape index (κ1) is 16.9. The molecule has 2 aromatic rings. The lowest BCUT2D eigenvalue weighted by molar-refractivity contribution is -0.144. The van der Waals surface area contributed by atoms with Crippen LogP contribution in [0.1, 0.15) is 30.3 Å². The number of tetrazole rings is 1. The highest BCUT2D eigenvalue weighted by Crippen LogP contribution is 2.33. The Morgan fingerprint density at radius 3 is 2.72 bits per heavy atom. The zero-order chi connectivity index (χ0) is 17.8. The van der Waals surface area contributed by atoms with Crippen molar-refractivity contribution in [2.45, 2.75) is 25.5 Å². The van der Waals surface area contributed by atoms with Crippen LogP contribution < -0.4 is 0 Å². The third kappa shape index (κ3) is 3.76. The minimum Gasteiger partial charge on any atom is -0.481 e. The standard InChI is InChI=1S/C16H19N5O4/c1-20-14(17-18-19-20)13-9-12(15(22)23)7-8-21(13)16(24)25-10-11-5-3-2-4-6-11/h2-6,12-13H,7-10H2,1H3,(H,22,23). The monoisotopic (exact) mass is 345 g/mol. The fraction of sp³-hybridized carbons (Fsp3) is 0.438. The number of piperidine rings is 1. The van der Waals surface area contributed by atoms with E-state index in [0.29, 0.717) is 12.2 Å². The Labute approximate surface area is 144 Å². The van der Waals surface area contributed by atoms with Gasteiger partial charge in [0.25, 0.3) is 0 Å². The average molecular weight is 345 g/mol. The highest BCUT2D eigenvalue weighted by atomic mass is 16.6.